The smallest absolute Gasteiger partial charge is 0.342 e. The van der Waals surface area contributed by atoms with Crippen LogP contribution >= 0.6 is 0 Å². The molecule has 0 aliphatic heterocycles. The number of aromatic hydroxyl groups is 1. The molecule has 1 unspecified atom stereocenters. The number of carbonyl (C=O) groups excluding carboxylic acids is 1. The SMILES string of the molecule is CC=Cc1ccc(O)c(C(=O)O[C@H]2CC[C@@]3(C)C(CC[C@]4(C)[C@@H]3CC=C3[C@@H]5[C@@H](C)[C@H](C)CC[C@]5(C(=O)O)CC[C@]34C)C2(C)C)c1. The summed E-state index contributed by atoms with van der Waals surface area (Å²) in [5, 5.41) is 21.2. The Hall–Kier alpha value is -2.56. The quantitative estimate of drug-likeness (QED) is 0.260. The predicted octanol–water partition coefficient (Wildman–Crippen LogP) is 9.69. The Morgan fingerprint density at radius 3 is 2.36 bits per heavy atom. The van der Waals surface area contributed by atoms with Crippen molar-refractivity contribution in [3.05, 3.63) is 47.1 Å². The topological polar surface area (TPSA) is 83.8 Å². The molecule has 246 valence electrons. The number of ether oxygens (including phenoxy) is 1. The van der Waals surface area contributed by atoms with Gasteiger partial charge in [-0.3, -0.25) is 4.79 Å². The lowest BCUT2D eigenvalue weighted by Gasteiger charge is -2.71. The minimum atomic E-state index is -0.619. The minimum absolute atomic E-state index is 0.0121. The molecule has 2 N–H and O–H groups in total. The zero-order valence-electron chi connectivity index (χ0n) is 28.9. The van der Waals surface area contributed by atoms with E-state index in [1.165, 1.54) is 5.57 Å². The van der Waals surface area contributed by atoms with Gasteiger partial charge in [0, 0.05) is 5.41 Å². The Balaban J connectivity index is 1.31. The van der Waals surface area contributed by atoms with Gasteiger partial charge in [0.2, 0.25) is 0 Å². The van der Waals surface area contributed by atoms with Crippen LogP contribution in [0.1, 0.15) is 129 Å². The average molecular weight is 617 g/mol. The van der Waals surface area contributed by atoms with Crippen molar-refractivity contribution in [2.75, 3.05) is 0 Å². The van der Waals surface area contributed by atoms with E-state index in [0.29, 0.717) is 23.7 Å². The van der Waals surface area contributed by atoms with Crippen molar-refractivity contribution in [3.8, 4) is 5.75 Å². The van der Waals surface area contributed by atoms with Crippen molar-refractivity contribution in [3.63, 3.8) is 0 Å². The standard InChI is InChI=1S/C40H56O5/c1-9-10-26-11-13-29(41)27(23-26)34(42)45-32-17-18-37(6)30(36(32,4)5)16-19-39(8)31(37)14-12-28-33-25(3)24(2)15-20-40(33,35(43)44)22-21-38(28,39)7/h9-13,23-25,30-33,41H,14-22H2,1-8H3,(H,43,44)/t24-,25+,30?,31-,32+,33+,37+,38-,39-,40+/m1/s1. The number of hydrogen-bond donors (Lipinski definition) is 2. The lowest BCUT2D eigenvalue weighted by atomic mass is 9.33. The summed E-state index contributed by atoms with van der Waals surface area (Å²) in [5.41, 5.74) is 1.89. The van der Waals surface area contributed by atoms with Crippen molar-refractivity contribution >= 4 is 18.0 Å². The van der Waals surface area contributed by atoms with Gasteiger partial charge in [0.05, 0.1) is 5.41 Å². The molecule has 0 spiro atoms. The summed E-state index contributed by atoms with van der Waals surface area (Å²) in [6.45, 7) is 18.7. The third kappa shape index (κ3) is 4.44. The molecule has 10 atom stereocenters. The van der Waals surface area contributed by atoms with E-state index < -0.39 is 17.4 Å². The zero-order valence-corrected chi connectivity index (χ0v) is 28.9. The highest BCUT2D eigenvalue weighted by Crippen LogP contribution is 2.75. The molecule has 0 saturated heterocycles. The van der Waals surface area contributed by atoms with E-state index in [2.05, 4.69) is 54.5 Å². The molecule has 0 amide bonds. The van der Waals surface area contributed by atoms with Crippen LogP contribution in [0.2, 0.25) is 0 Å². The summed E-state index contributed by atoms with van der Waals surface area (Å²) < 4.78 is 6.29. The number of esters is 1. The maximum absolute atomic E-state index is 13.5. The van der Waals surface area contributed by atoms with Crippen LogP contribution in [0.3, 0.4) is 0 Å². The number of carboxylic acids is 1. The second-order valence-electron chi connectivity index (χ2n) is 17.1. The van der Waals surface area contributed by atoms with E-state index in [1.807, 2.05) is 19.1 Å². The number of hydrogen-bond acceptors (Lipinski definition) is 4. The molecule has 6 rings (SSSR count). The van der Waals surface area contributed by atoms with Gasteiger partial charge < -0.3 is 14.9 Å². The number of fused-ring (bicyclic) bond motifs is 7. The highest BCUT2D eigenvalue weighted by Gasteiger charge is 2.69. The first-order chi connectivity index (χ1) is 21.1. The largest absolute Gasteiger partial charge is 0.507 e. The van der Waals surface area contributed by atoms with Crippen molar-refractivity contribution in [1.82, 2.24) is 0 Å². The van der Waals surface area contributed by atoms with Crippen molar-refractivity contribution in [1.29, 1.82) is 0 Å². The molecule has 0 aromatic heterocycles. The fourth-order valence-electron chi connectivity index (χ4n) is 12.3. The van der Waals surface area contributed by atoms with Gasteiger partial charge >= 0.3 is 11.9 Å². The molecular formula is C40H56O5. The van der Waals surface area contributed by atoms with E-state index in [0.717, 1.165) is 63.4 Å². The Morgan fingerprint density at radius 1 is 0.933 bits per heavy atom. The van der Waals surface area contributed by atoms with Crippen LogP contribution < -0.4 is 0 Å². The molecule has 5 nitrogen and oxygen atoms in total. The van der Waals surface area contributed by atoms with Crippen LogP contribution in [0, 0.1) is 56.7 Å². The van der Waals surface area contributed by atoms with Gasteiger partial charge in [-0.2, -0.15) is 0 Å². The Kier molecular flexibility index (Phi) is 7.73. The third-order valence-corrected chi connectivity index (χ3v) is 15.2. The molecule has 1 aromatic carbocycles. The van der Waals surface area contributed by atoms with Crippen LogP contribution in [0.25, 0.3) is 6.08 Å². The first-order valence-electron chi connectivity index (χ1n) is 17.7. The number of aliphatic carboxylic acids is 1. The lowest BCUT2D eigenvalue weighted by Crippen LogP contribution is -2.65. The first-order valence-corrected chi connectivity index (χ1v) is 17.7. The van der Waals surface area contributed by atoms with Crippen LogP contribution in [-0.4, -0.2) is 28.3 Å². The van der Waals surface area contributed by atoms with Gasteiger partial charge in [0.15, 0.2) is 0 Å². The van der Waals surface area contributed by atoms with Gasteiger partial charge in [-0.25, -0.2) is 4.79 Å². The molecule has 0 bridgehead atoms. The maximum Gasteiger partial charge on any atom is 0.342 e. The van der Waals surface area contributed by atoms with Crippen molar-refractivity contribution in [2.24, 2.45) is 56.7 Å². The van der Waals surface area contributed by atoms with Crippen molar-refractivity contribution in [2.45, 2.75) is 119 Å². The van der Waals surface area contributed by atoms with Crippen LogP contribution in [-0.2, 0) is 9.53 Å². The molecule has 4 saturated carbocycles. The summed E-state index contributed by atoms with van der Waals surface area (Å²) in [5.74, 6) is 0.850. The summed E-state index contributed by atoms with van der Waals surface area (Å²) >= 11 is 0. The molecule has 5 aliphatic rings. The van der Waals surface area contributed by atoms with E-state index in [1.54, 1.807) is 18.2 Å². The highest BCUT2D eigenvalue weighted by atomic mass is 16.5. The highest BCUT2D eigenvalue weighted by molar-refractivity contribution is 5.93. The third-order valence-electron chi connectivity index (χ3n) is 15.2. The number of rotatable bonds is 4. The van der Waals surface area contributed by atoms with Gasteiger partial charge in [0.25, 0.3) is 0 Å². The molecule has 5 heteroatoms. The molecular weight excluding hydrogens is 560 g/mol. The Morgan fingerprint density at radius 2 is 1.67 bits per heavy atom. The molecule has 45 heavy (non-hydrogen) atoms. The fraction of sp³-hybridized carbons (Fsp3) is 0.700. The zero-order chi connectivity index (χ0) is 32.7. The molecule has 1 aromatic rings. The van der Waals surface area contributed by atoms with Gasteiger partial charge in [-0.15, -0.1) is 0 Å². The Bertz CT molecular complexity index is 1440. The van der Waals surface area contributed by atoms with E-state index in [4.69, 9.17) is 4.74 Å². The van der Waals surface area contributed by atoms with Crippen LogP contribution in [0.5, 0.6) is 5.75 Å². The van der Waals surface area contributed by atoms with Crippen molar-refractivity contribution < 1.29 is 24.5 Å². The van der Waals surface area contributed by atoms with Gasteiger partial charge in [-0.1, -0.05) is 78.3 Å². The number of allylic oxidation sites excluding steroid dienone is 3. The Labute approximate surface area is 270 Å². The molecule has 0 heterocycles. The van der Waals surface area contributed by atoms with E-state index in [-0.39, 0.29) is 45.0 Å². The van der Waals surface area contributed by atoms with E-state index >= 15 is 0 Å². The summed E-state index contributed by atoms with van der Waals surface area (Å²) in [6, 6.07) is 5.09. The van der Waals surface area contributed by atoms with E-state index in [9.17, 15) is 19.8 Å². The summed E-state index contributed by atoms with van der Waals surface area (Å²) in [7, 11) is 0. The lowest BCUT2D eigenvalue weighted by molar-refractivity contribution is -0.206. The number of benzene rings is 1. The second kappa shape index (κ2) is 10.7. The molecule has 5 aliphatic carbocycles. The second-order valence-corrected chi connectivity index (χ2v) is 17.1. The number of phenolic OH excluding ortho intramolecular Hbond substituents is 1. The maximum atomic E-state index is 13.5. The van der Waals surface area contributed by atoms with Gasteiger partial charge in [-0.05, 0) is 128 Å². The minimum Gasteiger partial charge on any atom is -0.507 e. The summed E-state index contributed by atoms with van der Waals surface area (Å²) in [6.07, 6.45) is 14.7. The average Bonchev–Trinajstić information content (AvgIpc) is 2.97. The van der Waals surface area contributed by atoms with Gasteiger partial charge in [0.1, 0.15) is 17.4 Å². The van der Waals surface area contributed by atoms with Crippen LogP contribution in [0.4, 0.5) is 0 Å². The first kappa shape index (κ1) is 32.4. The monoisotopic (exact) mass is 616 g/mol. The number of phenols is 1. The fourth-order valence-corrected chi connectivity index (χ4v) is 12.3. The predicted molar refractivity (Wildman–Crippen MR) is 179 cm³/mol. The normalized spacial score (nSPS) is 43.7. The summed E-state index contributed by atoms with van der Waals surface area (Å²) in [4.78, 5) is 26.5. The number of carboxylic acid groups (broad SMARTS) is 1. The molecule has 0 radical (unpaired) electrons. The molecule has 4 fully saturated rings. The number of carbonyl (C=O) groups is 2. The van der Waals surface area contributed by atoms with Crippen LogP contribution in [0.15, 0.2) is 35.9 Å².